The zero-order valence-electron chi connectivity index (χ0n) is 11.1. The predicted molar refractivity (Wildman–Crippen MR) is 83.5 cm³/mol. The Morgan fingerprint density at radius 1 is 1.33 bits per heavy atom. The largest absolute Gasteiger partial charge is 0.495 e. The summed E-state index contributed by atoms with van der Waals surface area (Å²) in [5.74, 6) is 1.26. The van der Waals surface area contributed by atoms with Crippen molar-refractivity contribution in [3.8, 4) is 22.8 Å². The van der Waals surface area contributed by atoms with Crippen molar-refractivity contribution < 1.29 is 4.74 Å². The summed E-state index contributed by atoms with van der Waals surface area (Å²) in [5.41, 5.74) is 1.67. The summed E-state index contributed by atoms with van der Waals surface area (Å²) in [7, 11) is 1.57. The second-order valence-corrected chi connectivity index (χ2v) is 5.04. The van der Waals surface area contributed by atoms with Crippen LogP contribution < -0.4 is 4.74 Å². The number of halogens is 1. The Labute approximate surface area is 131 Å². The first-order chi connectivity index (χ1) is 10.2. The Morgan fingerprint density at radius 3 is 2.90 bits per heavy atom. The number of H-pyrrole nitrogens is 1. The van der Waals surface area contributed by atoms with Gasteiger partial charge in [-0.2, -0.15) is 5.10 Å². The average molecular weight is 319 g/mol. The molecule has 1 N–H and O–H groups in total. The Morgan fingerprint density at radius 2 is 2.19 bits per heavy atom. The van der Waals surface area contributed by atoms with Crippen molar-refractivity contribution >= 4 is 23.8 Å². The van der Waals surface area contributed by atoms with E-state index < -0.39 is 0 Å². The van der Waals surface area contributed by atoms with Gasteiger partial charge >= 0.3 is 0 Å². The summed E-state index contributed by atoms with van der Waals surface area (Å²) >= 11 is 11.4. The fraction of sp³-hybridized carbons (Fsp3) is 0.0714. The third-order valence-electron chi connectivity index (χ3n) is 2.98. The molecule has 1 aromatic carbocycles. The van der Waals surface area contributed by atoms with Crippen molar-refractivity contribution in [1.29, 1.82) is 0 Å². The van der Waals surface area contributed by atoms with Crippen LogP contribution in [0.2, 0.25) is 5.02 Å². The molecule has 0 unspecified atom stereocenters. The molecule has 106 valence electrons. The zero-order chi connectivity index (χ0) is 14.8. The van der Waals surface area contributed by atoms with Crippen molar-refractivity contribution in [3.63, 3.8) is 0 Å². The lowest BCUT2D eigenvalue weighted by Gasteiger charge is -2.09. The maximum Gasteiger partial charge on any atom is 0.200 e. The monoisotopic (exact) mass is 318 g/mol. The third kappa shape index (κ3) is 2.55. The van der Waals surface area contributed by atoms with Crippen LogP contribution in [0.25, 0.3) is 17.1 Å². The van der Waals surface area contributed by atoms with Gasteiger partial charge in [0.05, 0.1) is 17.8 Å². The van der Waals surface area contributed by atoms with Gasteiger partial charge in [-0.15, -0.1) is 0 Å². The van der Waals surface area contributed by atoms with Gasteiger partial charge in [0.1, 0.15) is 5.75 Å². The highest BCUT2D eigenvalue weighted by Gasteiger charge is 2.12. The smallest absolute Gasteiger partial charge is 0.200 e. The molecule has 0 atom stereocenters. The maximum absolute atomic E-state index is 6.06. The molecule has 0 aliphatic rings. The van der Waals surface area contributed by atoms with E-state index in [1.54, 1.807) is 25.6 Å². The summed E-state index contributed by atoms with van der Waals surface area (Å²) in [4.78, 5) is 4.11. The lowest BCUT2D eigenvalue weighted by Crippen LogP contribution is -1.99. The molecule has 0 fully saturated rings. The molecule has 0 saturated carbocycles. The molecule has 0 aliphatic heterocycles. The molecule has 5 nitrogen and oxygen atoms in total. The second kappa shape index (κ2) is 5.67. The van der Waals surface area contributed by atoms with Crippen molar-refractivity contribution in [2.45, 2.75) is 0 Å². The van der Waals surface area contributed by atoms with E-state index >= 15 is 0 Å². The van der Waals surface area contributed by atoms with E-state index in [0.717, 1.165) is 11.3 Å². The molecule has 0 saturated heterocycles. The van der Waals surface area contributed by atoms with Crippen LogP contribution in [0.3, 0.4) is 0 Å². The maximum atomic E-state index is 6.06. The number of hydrogen-bond acceptors (Lipinski definition) is 4. The van der Waals surface area contributed by atoms with Crippen LogP contribution in [0.1, 0.15) is 0 Å². The second-order valence-electron chi connectivity index (χ2n) is 4.25. The summed E-state index contributed by atoms with van der Waals surface area (Å²) in [6.45, 7) is 0. The molecule has 3 rings (SSSR count). The van der Waals surface area contributed by atoms with Crippen molar-refractivity contribution in [2.75, 3.05) is 7.11 Å². The van der Waals surface area contributed by atoms with Crippen LogP contribution in [0.15, 0.2) is 42.7 Å². The minimum absolute atomic E-state index is 0.484. The van der Waals surface area contributed by atoms with E-state index in [1.807, 2.05) is 28.8 Å². The van der Waals surface area contributed by atoms with E-state index in [-0.39, 0.29) is 0 Å². The number of methoxy groups -OCH3 is 1. The van der Waals surface area contributed by atoms with E-state index in [4.69, 9.17) is 28.6 Å². The fourth-order valence-corrected chi connectivity index (χ4v) is 2.44. The number of ether oxygens (including phenoxy) is 1. The van der Waals surface area contributed by atoms with Crippen LogP contribution in [0.5, 0.6) is 5.75 Å². The van der Waals surface area contributed by atoms with Gasteiger partial charge in [-0.1, -0.05) is 11.6 Å². The molecule has 0 bridgehead atoms. The Kier molecular flexibility index (Phi) is 3.72. The standard InChI is InChI=1S/C14H11ClN4OS/c1-20-12-7-10(4-5-11(12)15)19-13(17-18-14(19)21)9-3-2-6-16-8-9/h2-8H,1H3,(H,18,21). The van der Waals surface area contributed by atoms with E-state index in [9.17, 15) is 0 Å². The van der Waals surface area contributed by atoms with Gasteiger partial charge in [0.25, 0.3) is 0 Å². The number of nitrogens with zero attached hydrogens (tertiary/aromatic N) is 3. The first-order valence-corrected chi connectivity index (χ1v) is 6.91. The number of rotatable bonds is 3. The molecule has 2 heterocycles. The highest BCUT2D eigenvalue weighted by molar-refractivity contribution is 7.71. The van der Waals surface area contributed by atoms with E-state index in [0.29, 0.717) is 21.4 Å². The third-order valence-corrected chi connectivity index (χ3v) is 3.57. The first-order valence-electron chi connectivity index (χ1n) is 6.12. The summed E-state index contributed by atoms with van der Waals surface area (Å²) in [6.07, 6.45) is 3.44. The molecule has 0 amide bonds. The lowest BCUT2D eigenvalue weighted by molar-refractivity contribution is 0.415. The average Bonchev–Trinajstić information content (AvgIpc) is 2.90. The summed E-state index contributed by atoms with van der Waals surface area (Å²) in [6, 6.07) is 9.20. The van der Waals surface area contributed by atoms with Crippen LogP contribution in [0.4, 0.5) is 0 Å². The number of pyridine rings is 1. The van der Waals surface area contributed by atoms with Crippen LogP contribution >= 0.6 is 23.8 Å². The fourth-order valence-electron chi connectivity index (χ4n) is 2.01. The van der Waals surface area contributed by atoms with Gasteiger partial charge in [-0.3, -0.25) is 14.6 Å². The molecule has 7 heteroatoms. The molecule has 0 radical (unpaired) electrons. The van der Waals surface area contributed by atoms with Crippen LogP contribution in [0, 0.1) is 4.77 Å². The van der Waals surface area contributed by atoms with E-state index in [1.165, 1.54) is 0 Å². The predicted octanol–water partition coefficient (Wildman–Crippen LogP) is 3.65. The Balaban J connectivity index is 2.20. The van der Waals surface area contributed by atoms with Crippen molar-refractivity contribution in [1.82, 2.24) is 19.7 Å². The van der Waals surface area contributed by atoms with Gasteiger partial charge in [-0.25, -0.2) is 0 Å². The zero-order valence-corrected chi connectivity index (χ0v) is 12.6. The normalized spacial score (nSPS) is 10.6. The molecular formula is C14H11ClN4OS. The SMILES string of the molecule is COc1cc(-n2c(-c3cccnc3)n[nH]c2=S)ccc1Cl. The minimum atomic E-state index is 0.484. The number of nitrogens with one attached hydrogen (secondary N) is 1. The van der Waals surface area contributed by atoms with Gasteiger partial charge < -0.3 is 4.74 Å². The molecule has 21 heavy (non-hydrogen) atoms. The highest BCUT2D eigenvalue weighted by atomic mass is 35.5. The lowest BCUT2D eigenvalue weighted by atomic mass is 10.2. The molecule has 0 aliphatic carbocycles. The van der Waals surface area contributed by atoms with E-state index in [2.05, 4.69) is 15.2 Å². The number of hydrogen-bond donors (Lipinski definition) is 1. The van der Waals surface area contributed by atoms with Crippen molar-refractivity contribution in [3.05, 3.63) is 52.5 Å². The summed E-state index contributed by atoms with van der Waals surface area (Å²) < 4.78 is 7.54. The first kappa shape index (κ1) is 13.8. The molecule has 2 aromatic heterocycles. The van der Waals surface area contributed by atoms with Gasteiger partial charge in [0.15, 0.2) is 10.6 Å². The highest BCUT2D eigenvalue weighted by Crippen LogP contribution is 2.29. The van der Waals surface area contributed by atoms with Gasteiger partial charge in [0, 0.05) is 24.0 Å². The molecule has 0 spiro atoms. The Hall–Kier alpha value is -2.18. The number of aromatic amines is 1. The minimum Gasteiger partial charge on any atom is -0.495 e. The van der Waals surface area contributed by atoms with Crippen molar-refractivity contribution in [2.24, 2.45) is 0 Å². The molecule has 3 aromatic rings. The molecular weight excluding hydrogens is 308 g/mol. The van der Waals surface area contributed by atoms with Crippen LogP contribution in [-0.4, -0.2) is 26.9 Å². The van der Waals surface area contributed by atoms with Gasteiger partial charge in [0.2, 0.25) is 0 Å². The van der Waals surface area contributed by atoms with Gasteiger partial charge in [-0.05, 0) is 36.5 Å². The van der Waals surface area contributed by atoms with Crippen LogP contribution in [-0.2, 0) is 0 Å². The Bertz CT molecular complexity index is 828. The topological polar surface area (TPSA) is 55.7 Å². The summed E-state index contributed by atoms with van der Waals surface area (Å²) in [5, 5.41) is 7.61. The quantitative estimate of drug-likeness (QED) is 0.749. The number of aromatic nitrogens is 4. The number of benzene rings is 1.